The van der Waals surface area contributed by atoms with Crippen molar-refractivity contribution in [2.75, 3.05) is 26.4 Å². The number of hydrogen-bond donors (Lipinski definition) is 2. The number of benzene rings is 2. The number of nitrogen functional groups attached to an aromatic ring is 1. The van der Waals surface area contributed by atoms with Gasteiger partial charge in [0.05, 0.1) is 0 Å². The average Bonchev–Trinajstić information content (AvgIpc) is 2.68. The van der Waals surface area contributed by atoms with Crippen LogP contribution in [0.15, 0.2) is 48.5 Å². The van der Waals surface area contributed by atoms with Gasteiger partial charge in [0, 0.05) is 29.8 Å². The zero-order valence-corrected chi connectivity index (χ0v) is 16.5. The lowest BCUT2D eigenvalue weighted by molar-refractivity contribution is 0.0946. The van der Waals surface area contributed by atoms with E-state index in [4.69, 9.17) is 5.73 Å². The Hall–Kier alpha value is -3.25. The van der Waals surface area contributed by atoms with E-state index in [9.17, 15) is 9.18 Å². The van der Waals surface area contributed by atoms with Crippen molar-refractivity contribution in [3.05, 3.63) is 71.2 Å². The highest BCUT2D eigenvalue weighted by Crippen LogP contribution is 2.33. The average molecular weight is 390 g/mol. The molecular weight excluding hydrogens is 367 g/mol. The predicted molar refractivity (Wildman–Crippen MR) is 113 cm³/mol. The van der Waals surface area contributed by atoms with Crippen LogP contribution >= 0.6 is 0 Å². The van der Waals surface area contributed by atoms with E-state index in [0.717, 1.165) is 35.2 Å². The van der Waals surface area contributed by atoms with Crippen LogP contribution in [0.1, 0.15) is 21.5 Å². The van der Waals surface area contributed by atoms with E-state index >= 15 is 0 Å². The molecule has 29 heavy (non-hydrogen) atoms. The summed E-state index contributed by atoms with van der Waals surface area (Å²) in [4.78, 5) is 18.0. The largest absolute Gasteiger partial charge is 0.383 e. The summed E-state index contributed by atoms with van der Waals surface area (Å²) in [6.07, 6.45) is 0.753. The third-order valence-corrected chi connectivity index (χ3v) is 5.08. The van der Waals surface area contributed by atoms with E-state index in [1.807, 2.05) is 50.5 Å². The molecule has 1 aliphatic rings. The lowest BCUT2D eigenvalue weighted by Gasteiger charge is -2.18. The first kappa shape index (κ1) is 19.1. The number of nitrogens with zero attached hydrogens (tertiary/aromatic N) is 2. The second-order valence-electron chi connectivity index (χ2n) is 7.58. The lowest BCUT2D eigenvalue weighted by atomic mass is 9.94. The molecule has 3 aromatic rings. The summed E-state index contributed by atoms with van der Waals surface area (Å²) in [5.74, 6) is -0.525. The molecule has 0 atom stereocenters. The van der Waals surface area contributed by atoms with Gasteiger partial charge in [-0.3, -0.25) is 4.79 Å². The van der Waals surface area contributed by atoms with Crippen LogP contribution in [0.25, 0.3) is 22.3 Å². The lowest BCUT2D eigenvalue weighted by Crippen LogP contribution is -2.31. The Bertz CT molecular complexity index is 1090. The third kappa shape index (κ3) is 3.84. The zero-order valence-electron chi connectivity index (χ0n) is 16.5. The van der Waals surface area contributed by atoms with Crippen molar-refractivity contribution in [3.8, 4) is 22.3 Å². The predicted octanol–water partition coefficient (Wildman–Crippen LogP) is 3.48. The molecule has 1 aliphatic heterocycles. The number of anilines is 1. The van der Waals surface area contributed by atoms with Gasteiger partial charge in [-0.15, -0.1) is 0 Å². The van der Waals surface area contributed by atoms with Crippen molar-refractivity contribution >= 4 is 11.7 Å². The van der Waals surface area contributed by atoms with Crippen LogP contribution in [0.5, 0.6) is 0 Å². The second-order valence-corrected chi connectivity index (χ2v) is 7.58. The molecule has 4 rings (SSSR count). The maximum atomic E-state index is 14.7. The Morgan fingerprint density at radius 1 is 1.07 bits per heavy atom. The standard InChI is InChI=1S/C23H23FN4O/c1-28(2)13-14-4-3-5-15(10-14)19-12-20(22(25)27-21(19)24)16-6-7-18-17(11-16)8-9-26-23(18)29/h3-7,10-12H,8-9,13H2,1-2H3,(H2,25,27)(H,26,29). The van der Waals surface area contributed by atoms with Gasteiger partial charge in [0.15, 0.2) is 0 Å². The Labute approximate surface area is 169 Å². The van der Waals surface area contributed by atoms with Crippen molar-refractivity contribution < 1.29 is 9.18 Å². The molecule has 6 heteroatoms. The highest BCUT2D eigenvalue weighted by molar-refractivity contribution is 5.97. The number of rotatable bonds is 4. The fourth-order valence-corrected chi connectivity index (χ4v) is 3.74. The molecule has 0 unspecified atom stereocenters. The van der Waals surface area contributed by atoms with E-state index < -0.39 is 5.95 Å². The first-order valence-electron chi connectivity index (χ1n) is 9.54. The molecule has 0 radical (unpaired) electrons. The van der Waals surface area contributed by atoms with Crippen molar-refractivity contribution in [2.24, 2.45) is 0 Å². The van der Waals surface area contributed by atoms with E-state index in [1.54, 1.807) is 12.1 Å². The molecule has 0 saturated heterocycles. The van der Waals surface area contributed by atoms with E-state index in [-0.39, 0.29) is 11.7 Å². The van der Waals surface area contributed by atoms with Crippen LogP contribution in [0, 0.1) is 5.95 Å². The van der Waals surface area contributed by atoms with Crippen molar-refractivity contribution in [3.63, 3.8) is 0 Å². The normalized spacial score (nSPS) is 13.3. The van der Waals surface area contributed by atoms with Crippen molar-refractivity contribution in [1.29, 1.82) is 0 Å². The van der Waals surface area contributed by atoms with E-state index in [1.165, 1.54) is 0 Å². The molecule has 0 saturated carbocycles. The summed E-state index contributed by atoms with van der Waals surface area (Å²) in [7, 11) is 3.99. The number of nitrogens with one attached hydrogen (secondary N) is 1. The molecular formula is C23H23FN4O. The summed E-state index contributed by atoms with van der Waals surface area (Å²) in [5.41, 5.74) is 11.4. The molecule has 0 bridgehead atoms. The molecule has 2 heterocycles. The maximum absolute atomic E-state index is 14.7. The number of carbonyl (C=O) groups excluding carboxylic acids is 1. The summed E-state index contributed by atoms with van der Waals surface area (Å²) >= 11 is 0. The van der Waals surface area contributed by atoms with Crippen molar-refractivity contribution in [2.45, 2.75) is 13.0 Å². The quantitative estimate of drug-likeness (QED) is 0.669. The number of hydrogen-bond acceptors (Lipinski definition) is 4. The van der Waals surface area contributed by atoms with Crippen LogP contribution in [-0.4, -0.2) is 36.4 Å². The summed E-state index contributed by atoms with van der Waals surface area (Å²) in [5, 5.41) is 2.84. The van der Waals surface area contributed by atoms with Gasteiger partial charge in [0.1, 0.15) is 5.82 Å². The third-order valence-electron chi connectivity index (χ3n) is 5.08. The fraction of sp³-hybridized carbons (Fsp3) is 0.217. The first-order valence-corrected chi connectivity index (χ1v) is 9.54. The van der Waals surface area contributed by atoms with Gasteiger partial charge in [-0.05, 0) is 61.0 Å². The number of pyridine rings is 1. The van der Waals surface area contributed by atoms with Gasteiger partial charge in [-0.2, -0.15) is 4.39 Å². The van der Waals surface area contributed by atoms with Crippen LogP contribution < -0.4 is 11.1 Å². The number of nitrogens with two attached hydrogens (primary N) is 1. The topological polar surface area (TPSA) is 71.2 Å². The number of halogens is 1. The summed E-state index contributed by atoms with van der Waals surface area (Å²) < 4.78 is 14.7. The van der Waals surface area contributed by atoms with Gasteiger partial charge in [-0.25, -0.2) is 4.98 Å². The van der Waals surface area contributed by atoms with Gasteiger partial charge in [0.2, 0.25) is 5.95 Å². The van der Waals surface area contributed by atoms with E-state index in [2.05, 4.69) is 15.2 Å². The molecule has 1 amide bonds. The number of carbonyl (C=O) groups is 1. The van der Waals surface area contributed by atoms with Crippen LogP contribution in [0.3, 0.4) is 0 Å². The minimum absolute atomic E-state index is 0.0681. The highest BCUT2D eigenvalue weighted by atomic mass is 19.1. The fourth-order valence-electron chi connectivity index (χ4n) is 3.74. The molecule has 148 valence electrons. The SMILES string of the molecule is CN(C)Cc1cccc(-c2cc(-c3ccc4c(c3)CCNC4=O)c(N)nc2F)c1. The minimum atomic E-state index is -0.592. The number of fused-ring (bicyclic) bond motifs is 1. The molecule has 5 nitrogen and oxygen atoms in total. The van der Waals surface area contributed by atoms with Gasteiger partial charge in [0.25, 0.3) is 5.91 Å². The second kappa shape index (κ2) is 7.64. The molecule has 0 spiro atoms. The number of amides is 1. The summed E-state index contributed by atoms with van der Waals surface area (Å²) in [6.45, 7) is 1.37. The van der Waals surface area contributed by atoms with Gasteiger partial charge < -0.3 is 16.0 Å². The first-order chi connectivity index (χ1) is 13.9. The maximum Gasteiger partial charge on any atom is 0.251 e. The molecule has 0 fully saturated rings. The van der Waals surface area contributed by atoms with Crippen molar-refractivity contribution in [1.82, 2.24) is 15.2 Å². The summed E-state index contributed by atoms with van der Waals surface area (Å²) in [6, 6.07) is 15.1. The van der Waals surface area contributed by atoms with Crippen LogP contribution in [-0.2, 0) is 13.0 Å². The van der Waals surface area contributed by atoms with E-state index in [0.29, 0.717) is 23.2 Å². The Balaban J connectivity index is 1.78. The van der Waals surface area contributed by atoms with Gasteiger partial charge in [-0.1, -0.05) is 30.3 Å². The number of aromatic nitrogens is 1. The Kier molecular flexibility index (Phi) is 5.03. The molecule has 0 aliphatic carbocycles. The van der Waals surface area contributed by atoms with Gasteiger partial charge >= 0.3 is 0 Å². The van der Waals surface area contributed by atoms with Crippen LogP contribution in [0.4, 0.5) is 10.2 Å². The Morgan fingerprint density at radius 3 is 2.66 bits per heavy atom. The zero-order chi connectivity index (χ0) is 20.5. The molecule has 2 aromatic carbocycles. The minimum Gasteiger partial charge on any atom is -0.383 e. The molecule has 3 N–H and O–H groups in total. The molecule has 1 aromatic heterocycles. The highest BCUT2D eigenvalue weighted by Gasteiger charge is 2.19. The monoisotopic (exact) mass is 390 g/mol. The van der Waals surface area contributed by atoms with Crippen LogP contribution in [0.2, 0.25) is 0 Å². The Morgan fingerprint density at radius 2 is 1.86 bits per heavy atom. The smallest absolute Gasteiger partial charge is 0.251 e.